The molecule has 6 heteroatoms. The molecule has 0 saturated heterocycles. The number of benzene rings is 1. The van der Waals surface area contributed by atoms with Gasteiger partial charge in [0.1, 0.15) is 16.4 Å². The Labute approximate surface area is 120 Å². The van der Waals surface area contributed by atoms with Crippen LogP contribution in [-0.4, -0.2) is 16.6 Å². The van der Waals surface area contributed by atoms with Crippen LogP contribution in [0.3, 0.4) is 0 Å². The molecule has 0 amide bonds. The summed E-state index contributed by atoms with van der Waals surface area (Å²) in [4.78, 5) is 4.63. The smallest absolute Gasteiger partial charge is 0.123 e. The second kappa shape index (κ2) is 6.13. The van der Waals surface area contributed by atoms with Crippen LogP contribution in [0.15, 0.2) is 29.6 Å². The number of ether oxygens (including phenoxy) is 1. The summed E-state index contributed by atoms with van der Waals surface area (Å²) in [6.45, 7) is 0.546. The summed E-state index contributed by atoms with van der Waals surface area (Å²) >= 11 is 12.2. The lowest BCUT2D eigenvalue weighted by molar-refractivity contribution is 0.322. The normalized spacial score (nSPS) is 10.3. The van der Waals surface area contributed by atoms with E-state index in [9.17, 15) is 0 Å². The van der Waals surface area contributed by atoms with Gasteiger partial charge < -0.3 is 10.5 Å². The molecular formula is C12H11ClN2OS2. The zero-order valence-electron chi connectivity index (χ0n) is 9.43. The van der Waals surface area contributed by atoms with Gasteiger partial charge in [0.05, 0.1) is 11.6 Å². The second-order valence-electron chi connectivity index (χ2n) is 3.55. The number of hydrogen-bond donors (Lipinski definition) is 1. The quantitative estimate of drug-likeness (QED) is 0.862. The van der Waals surface area contributed by atoms with Crippen LogP contribution < -0.4 is 10.5 Å². The monoisotopic (exact) mass is 298 g/mol. The molecule has 0 saturated carbocycles. The number of nitrogens with zero attached hydrogens (tertiary/aromatic N) is 1. The fourth-order valence-corrected chi connectivity index (χ4v) is 2.49. The van der Waals surface area contributed by atoms with Gasteiger partial charge in [-0.1, -0.05) is 29.9 Å². The van der Waals surface area contributed by atoms with Gasteiger partial charge in [0.2, 0.25) is 0 Å². The van der Waals surface area contributed by atoms with Gasteiger partial charge in [-0.3, -0.25) is 0 Å². The van der Waals surface area contributed by atoms with Crippen molar-refractivity contribution in [1.29, 1.82) is 0 Å². The molecule has 18 heavy (non-hydrogen) atoms. The van der Waals surface area contributed by atoms with Crippen molar-refractivity contribution in [3.63, 3.8) is 0 Å². The van der Waals surface area contributed by atoms with Gasteiger partial charge in [-0.15, -0.1) is 11.3 Å². The molecule has 1 aromatic heterocycles. The Morgan fingerprint density at radius 1 is 1.50 bits per heavy atom. The van der Waals surface area contributed by atoms with Crippen molar-refractivity contribution < 1.29 is 4.74 Å². The standard InChI is InChI=1S/C12H11ClN2OS2/c13-8-2-1-3-9(6-8)16-5-4-11-15-10(7-18-11)12(14)17/h1-3,6-7H,4-5H2,(H2,14,17). The molecule has 0 radical (unpaired) electrons. The second-order valence-corrected chi connectivity index (χ2v) is 5.37. The summed E-state index contributed by atoms with van der Waals surface area (Å²) in [5, 5.41) is 3.48. The Balaban J connectivity index is 1.86. The number of halogens is 1. The maximum absolute atomic E-state index is 5.86. The molecule has 0 aliphatic heterocycles. The Hall–Kier alpha value is -1.17. The highest BCUT2D eigenvalue weighted by Crippen LogP contribution is 2.17. The summed E-state index contributed by atoms with van der Waals surface area (Å²) in [5.41, 5.74) is 6.17. The molecule has 0 unspecified atom stereocenters. The topological polar surface area (TPSA) is 48.1 Å². The van der Waals surface area contributed by atoms with E-state index < -0.39 is 0 Å². The maximum atomic E-state index is 5.86. The lowest BCUT2D eigenvalue weighted by Crippen LogP contribution is -2.10. The minimum Gasteiger partial charge on any atom is -0.493 e. The molecule has 2 N–H and O–H groups in total. The van der Waals surface area contributed by atoms with E-state index in [0.717, 1.165) is 17.2 Å². The predicted octanol–water partition coefficient (Wildman–Crippen LogP) is 3.05. The van der Waals surface area contributed by atoms with Crippen molar-refractivity contribution in [1.82, 2.24) is 4.98 Å². The van der Waals surface area contributed by atoms with Crippen LogP contribution >= 0.6 is 35.2 Å². The minimum absolute atomic E-state index is 0.327. The molecule has 1 heterocycles. The number of thiazole rings is 1. The molecule has 0 atom stereocenters. The van der Waals surface area contributed by atoms with E-state index in [4.69, 9.17) is 34.3 Å². The Morgan fingerprint density at radius 3 is 3.00 bits per heavy atom. The first-order valence-corrected chi connectivity index (χ1v) is 6.94. The zero-order valence-corrected chi connectivity index (χ0v) is 11.8. The van der Waals surface area contributed by atoms with Crippen molar-refractivity contribution >= 4 is 40.1 Å². The van der Waals surface area contributed by atoms with Gasteiger partial charge in [0, 0.05) is 16.8 Å². The molecule has 2 aromatic rings. The van der Waals surface area contributed by atoms with Gasteiger partial charge >= 0.3 is 0 Å². The molecular weight excluding hydrogens is 288 g/mol. The molecule has 0 bridgehead atoms. The summed E-state index contributed by atoms with van der Waals surface area (Å²) in [7, 11) is 0. The van der Waals surface area contributed by atoms with Gasteiger partial charge in [-0.25, -0.2) is 4.98 Å². The first-order chi connectivity index (χ1) is 8.65. The van der Waals surface area contributed by atoms with Crippen LogP contribution in [0.2, 0.25) is 5.02 Å². The third kappa shape index (κ3) is 3.66. The number of thiocarbonyl (C=S) groups is 1. The van der Waals surface area contributed by atoms with Gasteiger partial charge in [-0.2, -0.15) is 0 Å². The fraction of sp³-hybridized carbons (Fsp3) is 0.167. The van der Waals surface area contributed by atoms with Gasteiger partial charge in [0.15, 0.2) is 0 Å². The zero-order chi connectivity index (χ0) is 13.0. The fourth-order valence-electron chi connectivity index (χ4n) is 1.35. The summed E-state index contributed by atoms with van der Waals surface area (Å²) in [6, 6.07) is 7.31. The highest BCUT2D eigenvalue weighted by atomic mass is 35.5. The van der Waals surface area contributed by atoms with Crippen molar-refractivity contribution in [3.05, 3.63) is 45.4 Å². The molecule has 0 aliphatic carbocycles. The SMILES string of the molecule is NC(=S)c1csc(CCOc2cccc(Cl)c2)n1. The first-order valence-electron chi connectivity index (χ1n) is 5.28. The average Bonchev–Trinajstić information content (AvgIpc) is 2.78. The number of rotatable bonds is 5. The van der Waals surface area contributed by atoms with Crippen LogP contribution in [0.1, 0.15) is 10.7 Å². The predicted molar refractivity (Wildman–Crippen MR) is 78.7 cm³/mol. The van der Waals surface area contributed by atoms with Crippen molar-refractivity contribution in [2.45, 2.75) is 6.42 Å². The van der Waals surface area contributed by atoms with E-state index in [0.29, 0.717) is 22.3 Å². The van der Waals surface area contributed by atoms with Crippen LogP contribution in [0.5, 0.6) is 5.75 Å². The molecule has 0 spiro atoms. The first kappa shape index (κ1) is 13.3. The Bertz CT molecular complexity index is 557. The highest BCUT2D eigenvalue weighted by molar-refractivity contribution is 7.80. The third-order valence-corrected chi connectivity index (χ3v) is 3.54. The summed E-state index contributed by atoms with van der Waals surface area (Å²) in [5.74, 6) is 0.758. The number of nitrogens with two attached hydrogens (primary N) is 1. The van der Waals surface area contributed by atoms with Crippen LogP contribution in [0.25, 0.3) is 0 Å². The summed E-state index contributed by atoms with van der Waals surface area (Å²) in [6.07, 6.45) is 0.722. The number of aromatic nitrogens is 1. The Kier molecular flexibility index (Phi) is 4.52. The molecule has 3 nitrogen and oxygen atoms in total. The van der Waals surface area contributed by atoms with Crippen LogP contribution in [0, 0.1) is 0 Å². The van der Waals surface area contributed by atoms with E-state index in [1.807, 2.05) is 23.6 Å². The van der Waals surface area contributed by atoms with E-state index in [1.165, 1.54) is 11.3 Å². The molecule has 94 valence electrons. The molecule has 1 aromatic carbocycles. The molecule has 0 fully saturated rings. The van der Waals surface area contributed by atoms with E-state index in [2.05, 4.69) is 4.98 Å². The lowest BCUT2D eigenvalue weighted by Gasteiger charge is -2.04. The van der Waals surface area contributed by atoms with Crippen molar-refractivity contribution in [3.8, 4) is 5.75 Å². The van der Waals surface area contributed by atoms with E-state index >= 15 is 0 Å². The minimum atomic E-state index is 0.327. The number of hydrogen-bond acceptors (Lipinski definition) is 4. The molecule has 0 aliphatic rings. The largest absolute Gasteiger partial charge is 0.493 e. The van der Waals surface area contributed by atoms with Crippen LogP contribution in [-0.2, 0) is 6.42 Å². The van der Waals surface area contributed by atoms with Crippen molar-refractivity contribution in [2.24, 2.45) is 5.73 Å². The van der Waals surface area contributed by atoms with Crippen molar-refractivity contribution in [2.75, 3.05) is 6.61 Å². The summed E-state index contributed by atoms with van der Waals surface area (Å²) < 4.78 is 5.58. The van der Waals surface area contributed by atoms with E-state index in [-0.39, 0.29) is 0 Å². The Morgan fingerprint density at radius 2 is 2.33 bits per heavy atom. The highest BCUT2D eigenvalue weighted by Gasteiger charge is 2.04. The molecule has 2 rings (SSSR count). The average molecular weight is 299 g/mol. The lowest BCUT2D eigenvalue weighted by atomic mass is 10.3. The maximum Gasteiger partial charge on any atom is 0.123 e. The van der Waals surface area contributed by atoms with Gasteiger partial charge in [0.25, 0.3) is 0 Å². The third-order valence-electron chi connectivity index (χ3n) is 2.18. The van der Waals surface area contributed by atoms with Crippen LogP contribution in [0.4, 0.5) is 0 Å². The van der Waals surface area contributed by atoms with Gasteiger partial charge in [-0.05, 0) is 18.2 Å². The van der Waals surface area contributed by atoms with E-state index in [1.54, 1.807) is 6.07 Å².